The van der Waals surface area contributed by atoms with Crippen LogP contribution in [0.3, 0.4) is 0 Å². The summed E-state index contributed by atoms with van der Waals surface area (Å²) >= 11 is 0. The van der Waals surface area contributed by atoms with Gasteiger partial charge in [0.1, 0.15) is 11.6 Å². The largest absolute Gasteiger partial charge is 0.343 e. The third kappa shape index (κ3) is 6.05. The molecule has 0 aromatic heterocycles. The highest BCUT2D eigenvalue weighted by molar-refractivity contribution is 5.97. The summed E-state index contributed by atoms with van der Waals surface area (Å²) in [7, 11) is 1.71. The minimum atomic E-state index is -1.14. The maximum Gasteiger partial charge on any atom is 0.247 e. The van der Waals surface area contributed by atoms with E-state index in [-0.39, 0.29) is 42.8 Å². The fourth-order valence-electron chi connectivity index (χ4n) is 6.51. The van der Waals surface area contributed by atoms with E-state index < -0.39 is 23.7 Å². The molecule has 1 unspecified atom stereocenters. The summed E-state index contributed by atoms with van der Waals surface area (Å²) in [6.07, 6.45) is 3.04. The Kier molecular flexibility index (Phi) is 9.23. The summed E-state index contributed by atoms with van der Waals surface area (Å²) in [4.78, 5) is 58.6. The number of fused-ring (bicyclic) bond motifs is 1. The minimum absolute atomic E-state index is 0.0625. The quantitative estimate of drug-likeness (QED) is 0.378. The first-order valence-electron chi connectivity index (χ1n) is 15.1. The molecule has 4 amide bonds. The van der Waals surface area contributed by atoms with Gasteiger partial charge >= 0.3 is 0 Å². The van der Waals surface area contributed by atoms with E-state index in [0.29, 0.717) is 32.2 Å². The molecular weight excluding hydrogens is 532 g/mol. The van der Waals surface area contributed by atoms with E-state index in [1.54, 1.807) is 23.8 Å². The Labute approximate surface area is 247 Å². The van der Waals surface area contributed by atoms with Crippen LogP contribution in [0.2, 0.25) is 0 Å². The van der Waals surface area contributed by atoms with Gasteiger partial charge in [-0.3, -0.25) is 19.2 Å². The van der Waals surface area contributed by atoms with Gasteiger partial charge in [0, 0.05) is 19.6 Å². The van der Waals surface area contributed by atoms with Crippen LogP contribution >= 0.6 is 0 Å². The van der Waals surface area contributed by atoms with E-state index in [4.69, 9.17) is 0 Å². The molecule has 3 heterocycles. The summed E-state index contributed by atoms with van der Waals surface area (Å²) in [5, 5.41) is 12.4. The molecule has 10 nitrogen and oxygen atoms in total. The highest BCUT2D eigenvalue weighted by Gasteiger charge is 2.53. The molecular formula is C32H42N6O4. The van der Waals surface area contributed by atoms with Crippen LogP contribution in [-0.2, 0) is 19.2 Å². The summed E-state index contributed by atoms with van der Waals surface area (Å²) < 4.78 is 0. The Morgan fingerprint density at radius 1 is 0.952 bits per heavy atom. The highest BCUT2D eigenvalue weighted by atomic mass is 16.2. The molecule has 3 saturated heterocycles. The molecule has 3 aliphatic heterocycles. The number of hydrogen-bond donors (Lipinski definition) is 4. The summed E-state index contributed by atoms with van der Waals surface area (Å²) in [6.45, 7) is 3.29. The molecule has 2 aromatic rings. The van der Waals surface area contributed by atoms with Crippen LogP contribution in [0.5, 0.6) is 0 Å². The van der Waals surface area contributed by atoms with Crippen LogP contribution in [0.4, 0.5) is 0 Å². The Bertz CT molecular complexity index is 1230. The predicted molar refractivity (Wildman–Crippen MR) is 159 cm³/mol. The molecule has 42 heavy (non-hydrogen) atoms. The number of benzene rings is 2. The van der Waals surface area contributed by atoms with E-state index in [1.165, 1.54) is 0 Å². The van der Waals surface area contributed by atoms with Gasteiger partial charge in [0.15, 0.2) is 0 Å². The number of nitrogens with one attached hydrogen (secondary N) is 4. The number of likely N-dealkylation sites (N-methyl/N-ethyl adjacent to an activating group) is 1. The lowest BCUT2D eigenvalue weighted by Gasteiger charge is -2.44. The number of carbonyl (C=O) groups is 4. The van der Waals surface area contributed by atoms with Crippen LogP contribution in [0.15, 0.2) is 60.7 Å². The molecule has 0 aliphatic carbocycles. The van der Waals surface area contributed by atoms with E-state index in [0.717, 1.165) is 24.1 Å². The summed E-state index contributed by atoms with van der Waals surface area (Å²) in [5.74, 6) is -0.982. The number of amides is 4. The predicted octanol–water partition coefficient (Wildman–Crippen LogP) is 1.33. The average molecular weight is 575 g/mol. The zero-order valence-electron chi connectivity index (χ0n) is 24.5. The standard InChI is InChI=1S/C32H42N6O4/c1-22(33-2)29(40)37-20-17-32(31(42)36-27(23-11-5-3-6-12-23)24-13-7-4-8-14-24)16-10-19-38(32)30(41)26(21-37)35-28(39)25-15-9-18-34-25/h3-8,11-14,22,25-27,33-34H,9-10,15-21H2,1-2H3,(H,35,39)(H,36,42)/t22-,25?,26+,32+/m1/s1. The van der Waals surface area contributed by atoms with E-state index in [9.17, 15) is 19.2 Å². The molecule has 0 saturated carbocycles. The van der Waals surface area contributed by atoms with E-state index in [1.807, 2.05) is 60.7 Å². The van der Waals surface area contributed by atoms with Crippen LogP contribution in [-0.4, -0.2) is 90.3 Å². The van der Waals surface area contributed by atoms with Crippen molar-refractivity contribution in [3.05, 3.63) is 71.8 Å². The normalized spacial score (nSPS) is 25.0. The second-order valence-electron chi connectivity index (χ2n) is 11.6. The Morgan fingerprint density at radius 2 is 1.62 bits per heavy atom. The Hall–Kier alpha value is -3.76. The van der Waals surface area contributed by atoms with Crippen molar-refractivity contribution in [3.63, 3.8) is 0 Å². The molecule has 0 spiro atoms. The van der Waals surface area contributed by atoms with Crippen LogP contribution in [0, 0.1) is 0 Å². The van der Waals surface area contributed by atoms with Gasteiger partial charge in [-0.15, -0.1) is 0 Å². The van der Waals surface area contributed by atoms with Crippen LogP contribution in [0.1, 0.15) is 56.2 Å². The van der Waals surface area contributed by atoms with Crippen molar-refractivity contribution in [1.82, 2.24) is 31.1 Å². The first-order valence-corrected chi connectivity index (χ1v) is 15.1. The van der Waals surface area contributed by atoms with Gasteiger partial charge < -0.3 is 31.1 Å². The lowest BCUT2D eigenvalue weighted by atomic mass is 9.87. The van der Waals surface area contributed by atoms with Crippen molar-refractivity contribution in [2.24, 2.45) is 0 Å². The summed E-state index contributed by atoms with van der Waals surface area (Å²) in [6, 6.07) is 17.3. The maximum absolute atomic E-state index is 14.5. The van der Waals surface area contributed by atoms with Crippen LogP contribution < -0.4 is 21.3 Å². The number of rotatable bonds is 8. The second kappa shape index (κ2) is 13.0. The van der Waals surface area contributed by atoms with Gasteiger partial charge in [-0.1, -0.05) is 60.7 Å². The molecule has 0 bridgehead atoms. The van der Waals surface area contributed by atoms with Crippen molar-refractivity contribution in [2.45, 2.75) is 68.7 Å². The monoisotopic (exact) mass is 574 g/mol. The number of nitrogens with zero attached hydrogens (tertiary/aromatic N) is 2. The topological polar surface area (TPSA) is 123 Å². The Balaban J connectivity index is 1.47. The van der Waals surface area contributed by atoms with Crippen molar-refractivity contribution in [2.75, 3.05) is 33.2 Å². The first kappa shape index (κ1) is 29.7. The Morgan fingerprint density at radius 3 is 2.21 bits per heavy atom. The van der Waals surface area contributed by atoms with Gasteiger partial charge in [0.2, 0.25) is 23.6 Å². The van der Waals surface area contributed by atoms with Crippen molar-refractivity contribution in [1.29, 1.82) is 0 Å². The molecule has 4 N–H and O–H groups in total. The lowest BCUT2D eigenvalue weighted by Crippen LogP contribution is -2.67. The fourth-order valence-corrected chi connectivity index (χ4v) is 6.51. The third-order valence-corrected chi connectivity index (χ3v) is 9.02. The molecule has 2 aromatic carbocycles. The third-order valence-electron chi connectivity index (χ3n) is 9.02. The first-order chi connectivity index (χ1) is 20.3. The molecule has 3 aliphatic rings. The molecule has 3 fully saturated rings. The van der Waals surface area contributed by atoms with Gasteiger partial charge in [0.25, 0.3) is 0 Å². The molecule has 4 atom stereocenters. The fraction of sp³-hybridized carbons (Fsp3) is 0.500. The van der Waals surface area contributed by atoms with Gasteiger partial charge in [0.05, 0.1) is 18.1 Å². The van der Waals surface area contributed by atoms with E-state index in [2.05, 4.69) is 21.3 Å². The zero-order valence-corrected chi connectivity index (χ0v) is 24.5. The van der Waals surface area contributed by atoms with Gasteiger partial charge in [-0.05, 0) is 63.7 Å². The smallest absolute Gasteiger partial charge is 0.247 e. The lowest BCUT2D eigenvalue weighted by molar-refractivity contribution is -0.152. The highest BCUT2D eigenvalue weighted by Crippen LogP contribution is 2.36. The van der Waals surface area contributed by atoms with E-state index >= 15 is 0 Å². The SMILES string of the molecule is CN[C@H](C)C(=O)N1CC[C@]2(C(=O)NC(c3ccccc3)c3ccccc3)CCCN2C(=O)[C@@H](NC(=O)C2CCCN2)C1. The zero-order chi connectivity index (χ0) is 29.7. The summed E-state index contributed by atoms with van der Waals surface area (Å²) in [5.41, 5.74) is 0.725. The van der Waals surface area contributed by atoms with Crippen LogP contribution in [0.25, 0.3) is 0 Å². The maximum atomic E-state index is 14.5. The van der Waals surface area contributed by atoms with Crippen molar-refractivity contribution < 1.29 is 19.2 Å². The molecule has 224 valence electrons. The minimum Gasteiger partial charge on any atom is -0.343 e. The van der Waals surface area contributed by atoms with Gasteiger partial charge in [-0.2, -0.15) is 0 Å². The molecule has 10 heteroatoms. The molecule has 0 radical (unpaired) electrons. The molecule has 5 rings (SSSR count). The van der Waals surface area contributed by atoms with Crippen molar-refractivity contribution in [3.8, 4) is 0 Å². The van der Waals surface area contributed by atoms with Gasteiger partial charge in [-0.25, -0.2) is 0 Å². The average Bonchev–Trinajstić information content (AvgIpc) is 3.72. The number of hydrogen-bond acceptors (Lipinski definition) is 6. The second-order valence-corrected chi connectivity index (χ2v) is 11.6. The number of carbonyl (C=O) groups excluding carboxylic acids is 4. The van der Waals surface area contributed by atoms with Crippen molar-refractivity contribution >= 4 is 23.6 Å².